The monoisotopic (exact) mass is 233 g/mol. The average Bonchev–Trinajstić information content (AvgIpc) is 2.28. The summed E-state index contributed by atoms with van der Waals surface area (Å²) < 4.78 is 0. The third kappa shape index (κ3) is 2.13. The van der Waals surface area contributed by atoms with E-state index in [0.717, 1.165) is 5.56 Å². The highest BCUT2D eigenvalue weighted by atomic mass is 16.4. The minimum atomic E-state index is -1.41. The number of rotatable bonds is 2. The van der Waals surface area contributed by atoms with Crippen LogP contribution >= 0.6 is 0 Å². The number of hydrogen-bond acceptors (Lipinski definition) is 3. The van der Waals surface area contributed by atoms with Gasteiger partial charge in [-0.2, -0.15) is 0 Å². The number of aliphatic carboxylic acids is 1. The van der Waals surface area contributed by atoms with Crippen molar-refractivity contribution in [3.8, 4) is 0 Å². The van der Waals surface area contributed by atoms with Gasteiger partial charge in [-0.05, 0) is 5.56 Å². The molecule has 0 aromatic heterocycles. The average molecular weight is 233 g/mol. The number of aliphatic hydroxyl groups is 1. The van der Waals surface area contributed by atoms with Crippen molar-refractivity contribution in [2.75, 3.05) is 0 Å². The Morgan fingerprint density at radius 1 is 1.29 bits per heavy atom. The molecule has 1 aliphatic rings. The highest BCUT2D eigenvalue weighted by Gasteiger charge is 2.31. The molecule has 1 aliphatic heterocycles. The van der Waals surface area contributed by atoms with E-state index >= 15 is 0 Å². The molecule has 0 bridgehead atoms. The van der Waals surface area contributed by atoms with Crippen molar-refractivity contribution >= 4 is 11.9 Å². The highest BCUT2D eigenvalue weighted by molar-refractivity contribution is 6.16. The fourth-order valence-corrected chi connectivity index (χ4v) is 1.81. The number of amides is 1. The van der Waals surface area contributed by atoms with Crippen molar-refractivity contribution in [3.63, 3.8) is 0 Å². The first-order chi connectivity index (χ1) is 8.09. The molecule has 0 fully saturated rings. The summed E-state index contributed by atoms with van der Waals surface area (Å²) in [6, 6.07) is 8.71. The summed E-state index contributed by atoms with van der Waals surface area (Å²) in [5.41, 5.74) is 0.258. The number of carboxylic acid groups (broad SMARTS) is 1. The van der Waals surface area contributed by atoms with Crippen LogP contribution in [0.3, 0.4) is 0 Å². The fourth-order valence-electron chi connectivity index (χ4n) is 1.81. The van der Waals surface area contributed by atoms with Crippen LogP contribution in [0.1, 0.15) is 18.0 Å². The van der Waals surface area contributed by atoms with Gasteiger partial charge >= 0.3 is 5.97 Å². The fraction of sp³-hybridized carbons (Fsp3) is 0.167. The predicted octanol–water partition coefficient (Wildman–Crippen LogP) is 1.14. The van der Waals surface area contributed by atoms with E-state index in [0.29, 0.717) is 0 Å². The maximum absolute atomic E-state index is 11.5. The second kappa shape index (κ2) is 4.29. The lowest BCUT2D eigenvalue weighted by molar-refractivity contribution is -0.135. The maximum atomic E-state index is 11.5. The van der Waals surface area contributed by atoms with Crippen molar-refractivity contribution in [1.29, 1.82) is 0 Å². The molecule has 0 saturated heterocycles. The van der Waals surface area contributed by atoms with Crippen LogP contribution in [0.25, 0.3) is 0 Å². The Labute approximate surface area is 97.4 Å². The van der Waals surface area contributed by atoms with Gasteiger partial charge in [0.1, 0.15) is 5.76 Å². The van der Waals surface area contributed by atoms with E-state index in [1.165, 1.54) is 0 Å². The zero-order chi connectivity index (χ0) is 12.4. The molecule has 5 nitrogen and oxygen atoms in total. The quantitative estimate of drug-likeness (QED) is 0.668. The van der Waals surface area contributed by atoms with Crippen LogP contribution in [0, 0.1) is 0 Å². The van der Waals surface area contributed by atoms with Gasteiger partial charge in [-0.15, -0.1) is 0 Å². The second-order valence-corrected chi connectivity index (χ2v) is 3.77. The minimum Gasteiger partial charge on any atom is -0.511 e. The molecule has 17 heavy (non-hydrogen) atoms. The number of carbonyl (C=O) groups excluding carboxylic acids is 1. The van der Waals surface area contributed by atoms with Crippen molar-refractivity contribution in [2.45, 2.75) is 12.5 Å². The molecule has 0 radical (unpaired) electrons. The van der Waals surface area contributed by atoms with Gasteiger partial charge in [-0.25, -0.2) is 4.79 Å². The molecule has 1 aromatic carbocycles. The first-order valence-corrected chi connectivity index (χ1v) is 5.11. The Hall–Kier alpha value is -2.30. The maximum Gasteiger partial charge on any atom is 0.344 e. The first-order valence-electron chi connectivity index (χ1n) is 5.11. The summed E-state index contributed by atoms with van der Waals surface area (Å²) in [6.07, 6.45) is 0.0946. The lowest BCUT2D eigenvalue weighted by Crippen LogP contribution is -2.37. The highest BCUT2D eigenvalue weighted by Crippen LogP contribution is 2.26. The van der Waals surface area contributed by atoms with Crippen LogP contribution in [0.2, 0.25) is 0 Å². The Morgan fingerprint density at radius 3 is 2.47 bits per heavy atom. The summed E-state index contributed by atoms with van der Waals surface area (Å²) in [4.78, 5) is 22.3. The zero-order valence-corrected chi connectivity index (χ0v) is 8.88. The van der Waals surface area contributed by atoms with E-state index < -0.39 is 17.4 Å². The Kier molecular flexibility index (Phi) is 2.82. The normalized spacial score (nSPS) is 20.0. The van der Waals surface area contributed by atoms with E-state index in [1.807, 2.05) is 30.3 Å². The number of benzene rings is 1. The van der Waals surface area contributed by atoms with Gasteiger partial charge in [-0.1, -0.05) is 30.3 Å². The summed E-state index contributed by atoms with van der Waals surface area (Å²) >= 11 is 0. The smallest absolute Gasteiger partial charge is 0.344 e. The van der Waals surface area contributed by atoms with Gasteiger partial charge in [-0.3, -0.25) is 4.79 Å². The molecular weight excluding hydrogens is 222 g/mol. The molecular formula is C12H11NO4. The third-order valence-electron chi connectivity index (χ3n) is 2.63. The van der Waals surface area contributed by atoms with Crippen LogP contribution in [-0.4, -0.2) is 22.1 Å². The minimum absolute atomic E-state index is 0.0946. The lowest BCUT2D eigenvalue weighted by atomic mass is 9.96. The number of hydrogen-bond donors (Lipinski definition) is 3. The number of carbonyl (C=O) groups is 2. The van der Waals surface area contributed by atoms with E-state index in [-0.39, 0.29) is 18.2 Å². The summed E-state index contributed by atoms with van der Waals surface area (Å²) in [7, 11) is 0. The summed E-state index contributed by atoms with van der Waals surface area (Å²) in [6.45, 7) is 0. The van der Waals surface area contributed by atoms with Crippen LogP contribution in [0.5, 0.6) is 0 Å². The first kappa shape index (κ1) is 11.2. The predicted molar refractivity (Wildman–Crippen MR) is 59.2 cm³/mol. The molecule has 0 saturated carbocycles. The van der Waals surface area contributed by atoms with Crippen molar-refractivity contribution < 1.29 is 19.8 Å². The molecule has 88 valence electrons. The molecule has 1 heterocycles. The van der Waals surface area contributed by atoms with Crippen LogP contribution in [-0.2, 0) is 9.59 Å². The molecule has 5 heteroatoms. The number of aliphatic hydroxyl groups excluding tert-OH is 1. The number of carboxylic acids is 1. The summed E-state index contributed by atoms with van der Waals surface area (Å²) in [5, 5.41) is 20.9. The summed E-state index contributed by atoms with van der Waals surface area (Å²) in [5.74, 6) is -2.54. The molecule has 1 aromatic rings. The van der Waals surface area contributed by atoms with Gasteiger partial charge in [0.15, 0.2) is 5.57 Å². The lowest BCUT2D eigenvalue weighted by Gasteiger charge is -2.24. The van der Waals surface area contributed by atoms with Gasteiger partial charge in [0.25, 0.3) is 5.91 Å². The van der Waals surface area contributed by atoms with Gasteiger partial charge in [0.2, 0.25) is 0 Å². The Balaban J connectivity index is 2.30. The zero-order valence-electron chi connectivity index (χ0n) is 8.88. The molecule has 3 N–H and O–H groups in total. The van der Waals surface area contributed by atoms with E-state index in [2.05, 4.69) is 5.32 Å². The molecule has 0 spiro atoms. The van der Waals surface area contributed by atoms with Crippen molar-refractivity contribution in [3.05, 3.63) is 47.2 Å². The molecule has 1 atom stereocenters. The second-order valence-electron chi connectivity index (χ2n) is 3.77. The van der Waals surface area contributed by atoms with Gasteiger partial charge < -0.3 is 15.5 Å². The van der Waals surface area contributed by atoms with Gasteiger partial charge in [0, 0.05) is 6.42 Å². The standard InChI is InChI=1S/C12H11NO4/c14-9-6-8(7-4-2-1-3-5-7)13-11(15)10(9)12(16)17/h1-5,8,14H,6H2,(H,13,15)(H,16,17)/t8-/m0/s1. The molecule has 0 unspecified atom stereocenters. The van der Waals surface area contributed by atoms with Gasteiger partial charge in [0.05, 0.1) is 6.04 Å². The Bertz CT molecular complexity index is 492. The van der Waals surface area contributed by atoms with Crippen molar-refractivity contribution in [2.24, 2.45) is 0 Å². The van der Waals surface area contributed by atoms with E-state index in [1.54, 1.807) is 0 Å². The molecule has 2 rings (SSSR count). The third-order valence-corrected chi connectivity index (χ3v) is 2.63. The SMILES string of the molecule is O=C(O)C1=C(O)C[C@@H](c2ccccc2)NC1=O. The molecule has 0 aliphatic carbocycles. The van der Waals surface area contributed by atoms with E-state index in [9.17, 15) is 14.7 Å². The molecule has 1 amide bonds. The van der Waals surface area contributed by atoms with E-state index in [4.69, 9.17) is 5.11 Å². The topological polar surface area (TPSA) is 86.6 Å². The van der Waals surface area contributed by atoms with Crippen LogP contribution < -0.4 is 5.32 Å². The largest absolute Gasteiger partial charge is 0.511 e. The van der Waals surface area contributed by atoms with Crippen molar-refractivity contribution in [1.82, 2.24) is 5.32 Å². The Morgan fingerprint density at radius 2 is 1.94 bits per heavy atom. The van der Waals surface area contributed by atoms with Crippen LogP contribution in [0.15, 0.2) is 41.7 Å². The number of nitrogens with one attached hydrogen (secondary N) is 1. The van der Waals surface area contributed by atoms with Crippen LogP contribution in [0.4, 0.5) is 0 Å².